The van der Waals surface area contributed by atoms with Crippen LogP contribution in [-0.4, -0.2) is 55.7 Å². The van der Waals surface area contributed by atoms with Crippen LogP contribution in [0.3, 0.4) is 0 Å². The van der Waals surface area contributed by atoms with Gasteiger partial charge in [0.1, 0.15) is 0 Å². The van der Waals surface area contributed by atoms with E-state index in [-0.39, 0.29) is 6.61 Å². The van der Waals surface area contributed by atoms with Gasteiger partial charge in [-0.2, -0.15) is 13.5 Å². The predicted octanol–water partition coefficient (Wildman–Crippen LogP) is 8.64. The Morgan fingerprint density at radius 2 is 1.56 bits per heavy atom. The van der Waals surface area contributed by atoms with Crippen LogP contribution < -0.4 is 0 Å². The third kappa shape index (κ3) is 8.08. The zero-order valence-electron chi connectivity index (χ0n) is 20.4. The molecule has 0 saturated carbocycles. The van der Waals surface area contributed by atoms with Crippen LogP contribution in [0, 0.1) is 0 Å². The second kappa shape index (κ2) is 12.8. The van der Waals surface area contributed by atoms with Crippen molar-refractivity contribution < 1.29 is 14.1 Å². The first-order valence-electron chi connectivity index (χ1n) is 11.1. The summed E-state index contributed by atoms with van der Waals surface area (Å²) in [6.45, 7) is 3.64. The maximum Gasteiger partial charge on any atom is 0.333 e. The van der Waals surface area contributed by atoms with Crippen LogP contribution in [0.4, 0.5) is 0 Å². The number of nitrogens with zero attached hydrogens (tertiary/aromatic N) is 5. The average molecular weight is 611 g/mol. The van der Waals surface area contributed by atoms with Gasteiger partial charge in [-0.05, 0) is 91.9 Å². The van der Waals surface area contributed by atoms with Gasteiger partial charge in [0.25, 0.3) is 13.5 Å². The highest BCUT2D eigenvalue weighted by molar-refractivity contribution is 8.15. The fraction of sp³-hybridized carbons (Fsp3) is 0.409. The van der Waals surface area contributed by atoms with Gasteiger partial charge < -0.3 is 9.26 Å². The standard InChI is InChI=1S/C22H29Cl3N5O3P3/c1-19(2)22(31)32-15-9-10-16-33-36(30(4)18-21-13-7-8-14-21)27-34(23,24)26-35(25,28-36)29(3)17-20-11-5-6-12-20/h5-8,11,13H,1,9-10,15-18H2,2-4H3. The Labute approximate surface area is 227 Å². The summed E-state index contributed by atoms with van der Waals surface area (Å²) in [6, 6.07) is 0. The molecule has 2 atom stereocenters. The normalized spacial score (nSPS) is 25.4. The molecule has 1 heterocycles. The van der Waals surface area contributed by atoms with Crippen molar-refractivity contribution in [1.82, 2.24) is 9.34 Å². The minimum Gasteiger partial charge on any atom is -0.462 e. The van der Waals surface area contributed by atoms with E-state index in [0.717, 1.165) is 11.1 Å². The summed E-state index contributed by atoms with van der Waals surface area (Å²) in [7, 11) is 0.605. The van der Waals surface area contributed by atoms with E-state index in [4.69, 9.17) is 52.0 Å². The lowest BCUT2D eigenvalue weighted by molar-refractivity contribution is -0.139. The van der Waals surface area contributed by atoms with Crippen molar-refractivity contribution in [2.75, 3.05) is 40.4 Å². The number of esters is 1. The summed E-state index contributed by atoms with van der Waals surface area (Å²) >= 11 is 20.4. The molecular weight excluding hydrogens is 582 g/mol. The summed E-state index contributed by atoms with van der Waals surface area (Å²) in [5.74, 6) is -3.61. The van der Waals surface area contributed by atoms with Crippen LogP contribution in [0.15, 0.2) is 84.8 Å². The van der Waals surface area contributed by atoms with Crippen LogP contribution in [0.5, 0.6) is 0 Å². The second-order valence-corrected chi connectivity index (χ2v) is 19.6. The zero-order valence-corrected chi connectivity index (χ0v) is 25.3. The second-order valence-electron chi connectivity index (χ2n) is 8.21. The van der Waals surface area contributed by atoms with Crippen molar-refractivity contribution in [2.24, 2.45) is 13.5 Å². The van der Waals surface area contributed by atoms with E-state index in [1.807, 2.05) is 59.9 Å². The number of hydrogen-bond donors (Lipinski definition) is 0. The Bertz CT molecular complexity index is 1280. The number of allylic oxidation sites excluding steroid dienone is 2. The largest absolute Gasteiger partial charge is 0.462 e. The topological polar surface area (TPSA) is 79.1 Å². The Morgan fingerprint density at radius 1 is 0.972 bits per heavy atom. The quantitative estimate of drug-likeness (QED) is 0.0686. The molecule has 0 aromatic carbocycles. The highest BCUT2D eigenvalue weighted by atomic mass is 35.9. The predicted molar refractivity (Wildman–Crippen MR) is 153 cm³/mol. The van der Waals surface area contributed by atoms with Gasteiger partial charge in [0.2, 0.25) is 6.71 Å². The molecule has 0 fully saturated rings. The molecule has 14 heteroatoms. The van der Waals surface area contributed by atoms with E-state index >= 15 is 0 Å². The summed E-state index contributed by atoms with van der Waals surface area (Å²) in [4.78, 5) is 11.6. The van der Waals surface area contributed by atoms with Crippen LogP contribution >= 0.6 is 53.9 Å². The van der Waals surface area contributed by atoms with E-state index in [2.05, 4.69) is 22.6 Å². The van der Waals surface area contributed by atoms with Gasteiger partial charge in [-0.1, -0.05) is 18.7 Å². The molecule has 2 aliphatic carbocycles. The van der Waals surface area contributed by atoms with Crippen molar-refractivity contribution in [2.45, 2.75) is 19.8 Å². The number of unbranched alkanes of at least 4 members (excludes halogenated alkanes) is 1. The van der Waals surface area contributed by atoms with Gasteiger partial charge >= 0.3 is 5.97 Å². The van der Waals surface area contributed by atoms with Crippen molar-refractivity contribution in [3.63, 3.8) is 0 Å². The smallest absolute Gasteiger partial charge is 0.333 e. The molecule has 0 aromatic rings. The van der Waals surface area contributed by atoms with Crippen molar-refractivity contribution in [3.8, 4) is 0 Å². The lowest BCUT2D eigenvalue weighted by atomic mass is 10.3. The van der Waals surface area contributed by atoms with Crippen LogP contribution in [0.1, 0.15) is 19.8 Å². The molecule has 3 aliphatic rings. The van der Waals surface area contributed by atoms with E-state index in [1.54, 1.807) is 6.92 Å². The van der Waals surface area contributed by atoms with E-state index in [1.165, 1.54) is 0 Å². The molecular formula is C22H29Cl3N5O3P3. The Balaban J connectivity index is 1.86. The lowest BCUT2D eigenvalue weighted by Gasteiger charge is -2.36. The lowest BCUT2D eigenvalue weighted by Crippen LogP contribution is -2.20. The van der Waals surface area contributed by atoms with Gasteiger partial charge in [-0.15, -0.1) is 11.5 Å². The van der Waals surface area contributed by atoms with Gasteiger partial charge in [-0.3, -0.25) is 0 Å². The molecule has 0 amide bonds. The molecule has 3 rings (SSSR count). The van der Waals surface area contributed by atoms with Crippen LogP contribution in [0.25, 0.3) is 0 Å². The number of hydrogen-bond acceptors (Lipinski definition) is 8. The summed E-state index contributed by atoms with van der Waals surface area (Å²) in [5, 5.41) is 0. The highest BCUT2D eigenvalue weighted by Crippen LogP contribution is 2.85. The molecule has 36 heavy (non-hydrogen) atoms. The molecule has 0 radical (unpaired) electrons. The van der Waals surface area contributed by atoms with E-state index in [9.17, 15) is 4.79 Å². The molecule has 0 spiro atoms. The Hall–Kier alpha value is -0.830. The van der Waals surface area contributed by atoms with Crippen molar-refractivity contribution in [1.29, 1.82) is 0 Å². The first kappa shape index (κ1) is 29.7. The maximum absolute atomic E-state index is 11.6. The molecule has 0 saturated heterocycles. The van der Waals surface area contributed by atoms with E-state index < -0.39 is 26.2 Å². The van der Waals surface area contributed by atoms with Gasteiger partial charge in [-0.25, -0.2) is 14.1 Å². The van der Waals surface area contributed by atoms with Gasteiger partial charge in [0, 0.05) is 29.8 Å². The zero-order chi connectivity index (χ0) is 26.4. The van der Waals surface area contributed by atoms with Crippen LogP contribution in [0.2, 0.25) is 0 Å². The number of carbonyl (C=O) groups is 1. The third-order valence-electron chi connectivity index (χ3n) is 5.06. The number of likely N-dealkylation sites (N-methyl/N-ethyl adjacent to an activating group) is 2. The summed E-state index contributed by atoms with van der Waals surface area (Å²) < 4.78 is 29.5. The fourth-order valence-corrected chi connectivity index (χ4v) is 17.6. The van der Waals surface area contributed by atoms with Crippen molar-refractivity contribution >= 4 is 59.9 Å². The minimum atomic E-state index is -3.19. The molecule has 0 N–H and O–H groups in total. The summed E-state index contributed by atoms with van der Waals surface area (Å²) in [6.07, 6.45) is 12.6. The Morgan fingerprint density at radius 3 is 2.11 bits per heavy atom. The fourth-order valence-electron chi connectivity index (χ4n) is 3.19. The number of carbonyl (C=O) groups excluding carboxylic acids is 1. The van der Waals surface area contributed by atoms with Gasteiger partial charge in [0.15, 0.2) is 0 Å². The van der Waals surface area contributed by atoms with Crippen molar-refractivity contribution in [3.05, 3.63) is 71.2 Å². The van der Waals surface area contributed by atoms with Crippen LogP contribution in [-0.2, 0) is 14.1 Å². The molecule has 1 aliphatic heterocycles. The highest BCUT2D eigenvalue weighted by Gasteiger charge is 2.40. The third-order valence-corrected chi connectivity index (χ3v) is 17.5. The Kier molecular flexibility index (Phi) is 10.6. The number of rotatable bonds is 13. The molecule has 196 valence electrons. The first-order valence-corrected chi connectivity index (χ1v) is 18.7. The minimum absolute atomic E-state index is 0.260. The first-order chi connectivity index (χ1) is 16.9. The molecule has 0 aromatic heterocycles. The van der Waals surface area contributed by atoms with E-state index in [0.29, 0.717) is 38.1 Å². The SMILES string of the molecule is C=C(C)C(=O)OCCCCOP1(N(C)CC2=C=CC=C2)=NP(Cl)(Cl)=NP(Cl)(N(C)CC2=C=CC=C2)=N1. The van der Waals surface area contributed by atoms with Gasteiger partial charge in [0.05, 0.1) is 13.2 Å². The molecule has 2 unspecified atom stereocenters. The molecule has 0 bridgehead atoms. The number of halogens is 3. The molecule has 8 nitrogen and oxygen atoms in total. The monoisotopic (exact) mass is 609 g/mol. The summed E-state index contributed by atoms with van der Waals surface area (Å²) in [5.41, 5.74) is 8.61. The average Bonchev–Trinajstić information content (AvgIpc) is 3.49. The number of ether oxygens (including phenoxy) is 1. The maximum atomic E-state index is 11.6.